The summed E-state index contributed by atoms with van der Waals surface area (Å²) in [6.45, 7) is 12.0. The number of fused-ring (bicyclic) bond motifs is 2. The molecule has 11 aliphatic rings. The quantitative estimate of drug-likeness (QED) is 0.0668. The first kappa shape index (κ1) is 60.2. The lowest BCUT2D eigenvalue weighted by Crippen LogP contribution is -2.52. The van der Waals surface area contributed by atoms with Gasteiger partial charge in [0, 0.05) is 55.8 Å². The zero-order valence-electron chi connectivity index (χ0n) is 51.1. The maximum atomic E-state index is 13.1. The van der Waals surface area contributed by atoms with Crippen molar-refractivity contribution in [2.75, 3.05) is 47.0 Å². The topological polar surface area (TPSA) is 201 Å². The fourth-order valence-electron chi connectivity index (χ4n) is 18.5. The van der Waals surface area contributed by atoms with Crippen LogP contribution in [0.3, 0.4) is 0 Å². The highest BCUT2D eigenvalue weighted by molar-refractivity contribution is 5.84. The van der Waals surface area contributed by atoms with Crippen LogP contribution in [0, 0.1) is 58.2 Å². The summed E-state index contributed by atoms with van der Waals surface area (Å²) < 4.78 is 27.3. The molecule has 3 aromatic rings. The Morgan fingerprint density at radius 3 is 2.51 bits per heavy atom. The minimum absolute atomic E-state index is 0.00587. The second-order valence-electron chi connectivity index (χ2n) is 28.3. The summed E-state index contributed by atoms with van der Waals surface area (Å²) in [7, 11) is 3.79. The smallest absolute Gasteiger partial charge is 0.188 e. The summed E-state index contributed by atoms with van der Waals surface area (Å²) in [6, 6.07) is 11.5. The van der Waals surface area contributed by atoms with Crippen LogP contribution in [0.4, 0.5) is 0 Å². The van der Waals surface area contributed by atoms with E-state index in [2.05, 4.69) is 63.6 Å². The second-order valence-corrected chi connectivity index (χ2v) is 28.3. The summed E-state index contributed by atoms with van der Waals surface area (Å²) in [6.07, 6.45) is 22.9. The van der Waals surface area contributed by atoms with Gasteiger partial charge in [0.25, 0.3) is 0 Å². The molecule has 15 atom stereocenters. The summed E-state index contributed by atoms with van der Waals surface area (Å²) in [5.74, 6) is 4.39. The van der Waals surface area contributed by atoms with E-state index in [1.807, 2.05) is 24.3 Å². The number of hydrogen-bond donors (Lipinski definition) is 8. The zero-order valence-corrected chi connectivity index (χ0v) is 51.1. The number of nitrogens with one attached hydrogen (secondary N) is 2. The van der Waals surface area contributed by atoms with Crippen LogP contribution in [0.15, 0.2) is 53.5 Å². The Bertz CT molecular complexity index is 2800. The number of benzene rings is 3. The summed E-state index contributed by atoms with van der Waals surface area (Å²) in [5, 5.41) is 66.6. The predicted octanol–water partition coefficient (Wildman–Crippen LogP) is 12.0. The highest BCUT2D eigenvalue weighted by Gasteiger charge is 2.61. The summed E-state index contributed by atoms with van der Waals surface area (Å²) in [5.41, 5.74) is 13.5. The summed E-state index contributed by atoms with van der Waals surface area (Å²) >= 11 is 0. The lowest BCUT2D eigenvalue weighted by Gasteiger charge is -2.54. The van der Waals surface area contributed by atoms with E-state index >= 15 is 0 Å². The molecular weight excluding hydrogens is 1040 g/mol. The Morgan fingerprint density at radius 1 is 0.880 bits per heavy atom. The molecule has 3 aromatic carbocycles. The molecule has 8 bridgehead atoms. The molecule has 9 N–H and O–H groups in total. The fourth-order valence-corrected chi connectivity index (χ4v) is 18.5. The standard InChI is InChI=1S/C70H102N4O9/c1-7-8-9-12-43(4)53-29-46-16-15-45(53)28-51(76)37-69(22-11-21-68(69)24-26-81-70(40-68)23-19-44(36-70)38-72-5)41-74-67(71)73-25-20-52-48(39-75)13-10-14-60(52)82-62-33-47(17-18-57(62)77)66-59(79)34-56-61(83-66)35-63(80-6)65-55-31-50(27-42(2)3)58(78)32-49(55)30-54(46)64(56)65/h15-18,31-33,35,42-46,48,51-54,59-60,66,72,75-79H,7-14,19-30,34,36-41H2,1-6H3,(H3,71,73,74). The van der Waals surface area contributed by atoms with E-state index < -0.39 is 18.3 Å². The minimum Gasteiger partial charge on any atom is -0.508 e. The average molecular weight is 1140 g/mol. The number of allylic oxidation sites excluding steroid dienone is 2. The highest BCUT2D eigenvalue weighted by Crippen LogP contribution is 2.66. The van der Waals surface area contributed by atoms with Gasteiger partial charge in [-0.3, -0.25) is 4.99 Å². The van der Waals surface area contributed by atoms with Crippen molar-refractivity contribution in [2.24, 2.45) is 68.9 Å². The van der Waals surface area contributed by atoms with Crippen LogP contribution >= 0.6 is 0 Å². The van der Waals surface area contributed by atoms with Crippen LogP contribution in [-0.2, 0) is 24.0 Å². The maximum absolute atomic E-state index is 13.1. The van der Waals surface area contributed by atoms with Gasteiger partial charge in [-0.15, -0.1) is 0 Å². The van der Waals surface area contributed by atoms with E-state index in [-0.39, 0.29) is 64.5 Å². The van der Waals surface area contributed by atoms with E-state index in [0.717, 1.165) is 136 Å². The van der Waals surface area contributed by atoms with Crippen molar-refractivity contribution in [1.82, 2.24) is 10.6 Å². The van der Waals surface area contributed by atoms with Crippen molar-refractivity contribution < 1.29 is 44.5 Å². The SMILES string of the molecule is CCCCCC(C)C1CC2C=CC1CC(O)CC1(CCCC13CCOC1(CCC(CNC)C1)C3)CN=C(N)NCCC1C(CO)CCCC1Oc1cc(ccc1O)C1Oc3cc(OC)c4c(c3CC1O)C2Cc1cc(O)c(CC(C)C)cc1-4. The van der Waals surface area contributed by atoms with Gasteiger partial charge in [-0.2, -0.15) is 0 Å². The Morgan fingerprint density at radius 2 is 1.71 bits per heavy atom. The van der Waals surface area contributed by atoms with E-state index in [9.17, 15) is 25.5 Å². The number of aliphatic hydroxyl groups is 3. The first-order chi connectivity index (χ1) is 40.1. The normalized spacial score (nSPS) is 34.7. The second kappa shape index (κ2) is 25.4. The predicted molar refractivity (Wildman–Crippen MR) is 328 cm³/mol. The molecule has 0 aromatic heterocycles. The van der Waals surface area contributed by atoms with Crippen molar-refractivity contribution in [3.8, 4) is 39.9 Å². The molecule has 3 saturated carbocycles. The molecular formula is C70H102N4O9. The number of methoxy groups -OCH3 is 1. The number of aliphatic hydroxyl groups excluding tert-OH is 3. The van der Waals surface area contributed by atoms with Crippen LogP contribution in [0.2, 0.25) is 0 Å². The lowest BCUT2D eigenvalue weighted by atomic mass is 9.55. The van der Waals surface area contributed by atoms with Crippen LogP contribution in [0.5, 0.6) is 28.7 Å². The van der Waals surface area contributed by atoms with Crippen molar-refractivity contribution in [2.45, 2.75) is 205 Å². The van der Waals surface area contributed by atoms with Crippen molar-refractivity contribution in [3.05, 3.63) is 76.4 Å². The molecule has 4 fully saturated rings. The maximum Gasteiger partial charge on any atom is 0.188 e. The number of aromatic hydroxyl groups is 2. The van der Waals surface area contributed by atoms with Crippen molar-refractivity contribution in [3.63, 3.8) is 0 Å². The number of nitrogens with two attached hydrogens (primary N) is 1. The monoisotopic (exact) mass is 1140 g/mol. The molecule has 13 heteroatoms. The third kappa shape index (κ3) is 12.2. The average Bonchev–Trinajstić information content (AvgIpc) is 2.39. The van der Waals surface area contributed by atoms with Gasteiger partial charge in [0.1, 0.15) is 29.5 Å². The molecule has 13 nitrogen and oxygen atoms in total. The minimum atomic E-state index is -0.921. The first-order valence-electron chi connectivity index (χ1n) is 32.8. The first-order valence-corrected chi connectivity index (χ1v) is 32.8. The van der Waals surface area contributed by atoms with Gasteiger partial charge < -0.3 is 60.8 Å². The van der Waals surface area contributed by atoms with Gasteiger partial charge in [0.15, 0.2) is 17.5 Å². The van der Waals surface area contributed by atoms with Gasteiger partial charge in [-0.25, -0.2) is 0 Å². The molecule has 5 aliphatic carbocycles. The van der Waals surface area contributed by atoms with E-state index in [4.69, 9.17) is 29.7 Å². The van der Waals surface area contributed by atoms with Crippen molar-refractivity contribution >= 4 is 5.96 Å². The molecule has 0 amide bonds. The third-order valence-electron chi connectivity index (χ3n) is 22.6. The fraction of sp³-hybridized carbons (Fsp3) is 0.700. The van der Waals surface area contributed by atoms with Crippen LogP contribution in [0.25, 0.3) is 11.1 Å². The van der Waals surface area contributed by atoms with Crippen LogP contribution in [0.1, 0.15) is 190 Å². The Balaban J connectivity index is 1.02. The van der Waals surface area contributed by atoms with Gasteiger partial charge in [0.2, 0.25) is 0 Å². The number of nitrogens with zero attached hydrogens (tertiary/aromatic N) is 1. The van der Waals surface area contributed by atoms with E-state index in [1.54, 1.807) is 13.2 Å². The van der Waals surface area contributed by atoms with Gasteiger partial charge in [-0.05, 0) is 227 Å². The number of ether oxygens (including phenoxy) is 4. The van der Waals surface area contributed by atoms with Crippen molar-refractivity contribution in [1.29, 1.82) is 0 Å². The Labute approximate surface area is 496 Å². The molecule has 83 heavy (non-hydrogen) atoms. The Kier molecular flexibility index (Phi) is 18.4. The highest BCUT2D eigenvalue weighted by atomic mass is 16.5. The molecule has 0 radical (unpaired) electrons. The number of phenolic OH excluding ortho intramolecular Hbond substituents is 2. The number of guanidine groups is 1. The molecule has 15 unspecified atom stereocenters. The van der Waals surface area contributed by atoms with E-state index in [0.29, 0.717) is 103 Å². The molecule has 6 aliphatic heterocycles. The van der Waals surface area contributed by atoms with Gasteiger partial charge in [0.05, 0.1) is 24.9 Å². The third-order valence-corrected chi connectivity index (χ3v) is 22.6. The van der Waals surface area contributed by atoms with Crippen LogP contribution in [-0.4, -0.2) is 102 Å². The van der Waals surface area contributed by atoms with Gasteiger partial charge in [-0.1, -0.05) is 78.0 Å². The lowest BCUT2D eigenvalue weighted by molar-refractivity contribution is -0.158. The molecule has 6 heterocycles. The number of hydrogen-bond acceptors (Lipinski definition) is 13. The van der Waals surface area contributed by atoms with Gasteiger partial charge >= 0.3 is 0 Å². The number of rotatable bonds is 11. The van der Waals surface area contributed by atoms with Crippen LogP contribution < -0.4 is 30.6 Å². The largest absolute Gasteiger partial charge is 0.508 e. The number of unbranched alkanes of at least 4 members (excludes halogenated alkanes) is 2. The molecule has 456 valence electrons. The Hall–Kier alpha value is -4.53. The molecule has 14 rings (SSSR count). The molecule has 1 saturated heterocycles. The summed E-state index contributed by atoms with van der Waals surface area (Å²) in [4.78, 5) is 5.31. The molecule has 3 spiro atoms. The number of phenols is 2. The zero-order chi connectivity index (χ0) is 58.2. The number of aliphatic imine (C=N–C) groups is 1. The van der Waals surface area contributed by atoms with E-state index in [1.165, 1.54) is 19.3 Å².